The molecule has 0 bridgehead atoms. The summed E-state index contributed by atoms with van der Waals surface area (Å²) in [5, 5.41) is 13.1. The normalized spacial score (nSPS) is 17.5. The number of nitrogens with zero attached hydrogens (tertiary/aromatic N) is 1. The van der Waals surface area contributed by atoms with Gasteiger partial charge in [0.15, 0.2) is 4.91 Å². The Morgan fingerprint density at radius 1 is 1.23 bits per heavy atom. The number of rotatable bonds is 5. The van der Waals surface area contributed by atoms with Crippen LogP contribution in [0.15, 0.2) is 45.2 Å². The number of nitrogens with one attached hydrogen (secondary N) is 1. The Labute approximate surface area is 136 Å². The molecular formula is C16H20N2O2S2. The number of sulfone groups is 1. The highest BCUT2D eigenvalue weighted by atomic mass is 32.2. The maximum absolute atomic E-state index is 12.7. The number of nitriles is 1. The quantitative estimate of drug-likeness (QED) is 0.834. The average molecular weight is 336 g/mol. The van der Waals surface area contributed by atoms with E-state index in [4.69, 9.17) is 0 Å². The second-order valence-electron chi connectivity index (χ2n) is 5.27. The summed E-state index contributed by atoms with van der Waals surface area (Å²) < 4.78 is 25.3. The standard InChI is InChI=1S/C16H20N2O2S2/c1-21-16(18-13-8-4-2-5-9-13)15(12-17)22(19,20)14-10-6-3-7-11-14/h3,6-7,10-11,13,18H,2,4-5,8-9H2,1H3/b16-15+. The van der Waals surface area contributed by atoms with Gasteiger partial charge in [-0.25, -0.2) is 8.42 Å². The third kappa shape index (κ3) is 3.84. The van der Waals surface area contributed by atoms with Crippen molar-refractivity contribution in [3.63, 3.8) is 0 Å². The Balaban J connectivity index is 2.35. The lowest BCUT2D eigenvalue weighted by atomic mass is 9.96. The zero-order chi connectivity index (χ0) is 16.0. The maximum Gasteiger partial charge on any atom is 0.219 e. The smallest absolute Gasteiger partial charge is 0.219 e. The van der Waals surface area contributed by atoms with Crippen molar-refractivity contribution >= 4 is 21.6 Å². The van der Waals surface area contributed by atoms with Crippen LogP contribution in [0.5, 0.6) is 0 Å². The molecule has 1 aliphatic rings. The van der Waals surface area contributed by atoms with E-state index in [1.165, 1.54) is 30.3 Å². The zero-order valence-corrected chi connectivity index (χ0v) is 14.2. The SMILES string of the molecule is CS/C(NC1CCCCC1)=C(\C#N)S(=O)(=O)c1ccccc1. The molecule has 0 radical (unpaired) electrons. The van der Waals surface area contributed by atoms with Gasteiger partial charge < -0.3 is 5.32 Å². The molecule has 0 unspecified atom stereocenters. The molecule has 0 spiro atoms. The van der Waals surface area contributed by atoms with E-state index in [1.54, 1.807) is 24.5 Å². The fourth-order valence-corrected chi connectivity index (χ4v) is 4.87. The third-order valence-electron chi connectivity index (χ3n) is 3.77. The van der Waals surface area contributed by atoms with E-state index in [2.05, 4.69) is 5.32 Å². The van der Waals surface area contributed by atoms with Crippen LogP contribution >= 0.6 is 11.8 Å². The van der Waals surface area contributed by atoms with Crippen LogP contribution < -0.4 is 5.32 Å². The lowest BCUT2D eigenvalue weighted by Gasteiger charge is -2.25. The number of hydrogen-bond acceptors (Lipinski definition) is 5. The molecule has 2 rings (SSSR count). The summed E-state index contributed by atoms with van der Waals surface area (Å²) >= 11 is 1.28. The van der Waals surface area contributed by atoms with Crippen LogP contribution in [0.4, 0.5) is 0 Å². The van der Waals surface area contributed by atoms with Gasteiger partial charge >= 0.3 is 0 Å². The van der Waals surface area contributed by atoms with Crippen LogP contribution in [0, 0.1) is 11.3 Å². The molecule has 0 amide bonds. The molecule has 0 aromatic heterocycles. The van der Waals surface area contributed by atoms with Crippen molar-refractivity contribution < 1.29 is 8.42 Å². The minimum atomic E-state index is -3.78. The van der Waals surface area contributed by atoms with Crippen LogP contribution in [-0.2, 0) is 9.84 Å². The van der Waals surface area contributed by atoms with Crippen molar-refractivity contribution in [3.05, 3.63) is 40.3 Å². The topological polar surface area (TPSA) is 70.0 Å². The molecule has 1 fully saturated rings. The van der Waals surface area contributed by atoms with Crippen LogP contribution in [0.3, 0.4) is 0 Å². The third-order valence-corrected chi connectivity index (χ3v) is 6.36. The molecule has 118 valence electrons. The summed E-state index contributed by atoms with van der Waals surface area (Å²) in [5.74, 6) is 0. The molecule has 4 nitrogen and oxygen atoms in total. The first-order valence-electron chi connectivity index (χ1n) is 7.34. The molecule has 1 aliphatic carbocycles. The van der Waals surface area contributed by atoms with Crippen molar-refractivity contribution in [3.8, 4) is 6.07 Å². The highest BCUT2D eigenvalue weighted by molar-refractivity contribution is 8.04. The van der Waals surface area contributed by atoms with Crippen LogP contribution in [0.25, 0.3) is 0 Å². The Morgan fingerprint density at radius 3 is 2.41 bits per heavy atom. The largest absolute Gasteiger partial charge is 0.375 e. The van der Waals surface area contributed by atoms with Gasteiger partial charge in [0.05, 0.1) is 9.92 Å². The molecule has 0 aliphatic heterocycles. The van der Waals surface area contributed by atoms with E-state index >= 15 is 0 Å². The predicted octanol–water partition coefficient (Wildman–Crippen LogP) is 3.44. The van der Waals surface area contributed by atoms with Gasteiger partial charge in [0, 0.05) is 6.04 Å². The van der Waals surface area contributed by atoms with E-state index in [-0.39, 0.29) is 15.8 Å². The monoisotopic (exact) mass is 336 g/mol. The van der Waals surface area contributed by atoms with Crippen LogP contribution in [-0.4, -0.2) is 20.7 Å². The summed E-state index contributed by atoms with van der Waals surface area (Å²) in [5.41, 5.74) is 0. The second kappa shape index (κ2) is 7.70. The Kier molecular flexibility index (Phi) is 5.92. The van der Waals surface area contributed by atoms with Crippen LogP contribution in [0.1, 0.15) is 32.1 Å². The van der Waals surface area contributed by atoms with Gasteiger partial charge in [0.2, 0.25) is 9.84 Å². The van der Waals surface area contributed by atoms with Crippen molar-refractivity contribution in [2.75, 3.05) is 6.26 Å². The summed E-state index contributed by atoms with van der Waals surface area (Å²) in [4.78, 5) is -0.0275. The Bertz CT molecular complexity index is 670. The molecule has 22 heavy (non-hydrogen) atoms. The molecule has 0 saturated heterocycles. The van der Waals surface area contributed by atoms with Crippen molar-refractivity contribution in [2.45, 2.75) is 43.0 Å². The van der Waals surface area contributed by atoms with Gasteiger partial charge in [-0.3, -0.25) is 0 Å². The summed E-state index contributed by atoms with van der Waals surface area (Å²) in [6.45, 7) is 0. The number of thioether (sulfide) groups is 1. The molecule has 6 heteroatoms. The minimum absolute atomic E-state index is 0.156. The lowest BCUT2D eigenvalue weighted by Crippen LogP contribution is -2.30. The zero-order valence-electron chi connectivity index (χ0n) is 12.6. The van der Waals surface area contributed by atoms with E-state index in [1.807, 2.05) is 6.07 Å². The van der Waals surface area contributed by atoms with Crippen molar-refractivity contribution in [1.29, 1.82) is 5.26 Å². The van der Waals surface area contributed by atoms with E-state index in [0.29, 0.717) is 5.03 Å². The first-order valence-corrected chi connectivity index (χ1v) is 10.1. The van der Waals surface area contributed by atoms with E-state index < -0.39 is 9.84 Å². The number of allylic oxidation sites excluding steroid dienone is 1. The maximum atomic E-state index is 12.7. The van der Waals surface area contributed by atoms with Gasteiger partial charge in [-0.05, 0) is 31.2 Å². The molecule has 1 aromatic carbocycles. The molecule has 0 atom stereocenters. The molecular weight excluding hydrogens is 316 g/mol. The molecule has 0 heterocycles. The number of benzene rings is 1. The van der Waals surface area contributed by atoms with Gasteiger partial charge in [0.1, 0.15) is 6.07 Å². The average Bonchev–Trinajstić information content (AvgIpc) is 2.56. The number of hydrogen-bond donors (Lipinski definition) is 1. The second-order valence-corrected chi connectivity index (χ2v) is 7.97. The van der Waals surface area contributed by atoms with Crippen molar-refractivity contribution in [2.24, 2.45) is 0 Å². The van der Waals surface area contributed by atoms with Gasteiger partial charge in [0.25, 0.3) is 0 Å². The van der Waals surface area contributed by atoms with E-state index in [0.717, 1.165) is 25.7 Å². The van der Waals surface area contributed by atoms with E-state index in [9.17, 15) is 13.7 Å². The lowest BCUT2D eigenvalue weighted by molar-refractivity contribution is 0.402. The highest BCUT2D eigenvalue weighted by Crippen LogP contribution is 2.27. The molecule has 1 saturated carbocycles. The summed E-state index contributed by atoms with van der Waals surface area (Å²) in [7, 11) is -3.78. The highest BCUT2D eigenvalue weighted by Gasteiger charge is 2.26. The van der Waals surface area contributed by atoms with Crippen molar-refractivity contribution in [1.82, 2.24) is 5.32 Å². The summed E-state index contributed by atoms with van der Waals surface area (Å²) in [6, 6.07) is 10.3. The molecule has 1 aromatic rings. The van der Waals surface area contributed by atoms with Gasteiger partial charge in [-0.15, -0.1) is 11.8 Å². The predicted molar refractivity (Wildman–Crippen MR) is 89.8 cm³/mol. The first kappa shape index (κ1) is 16.9. The Hall–Kier alpha value is -1.45. The first-order chi connectivity index (χ1) is 10.6. The van der Waals surface area contributed by atoms with Gasteiger partial charge in [-0.1, -0.05) is 37.5 Å². The summed E-state index contributed by atoms with van der Waals surface area (Å²) in [6.07, 6.45) is 7.36. The fraction of sp³-hybridized carbons (Fsp3) is 0.438. The fourth-order valence-electron chi connectivity index (χ4n) is 2.60. The van der Waals surface area contributed by atoms with Gasteiger partial charge in [-0.2, -0.15) is 5.26 Å². The minimum Gasteiger partial charge on any atom is -0.375 e. The molecule has 1 N–H and O–H groups in total. The van der Waals surface area contributed by atoms with Crippen LogP contribution in [0.2, 0.25) is 0 Å². The Morgan fingerprint density at radius 2 is 1.86 bits per heavy atom.